The first-order valence-electron chi connectivity index (χ1n) is 8.07. The normalized spacial score (nSPS) is 19.6. The average molecular weight is 360 g/mol. The van der Waals surface area contributed by atoms with E-state index in [1.165, 1.54) is 25.3 Å². The molecule has 0 saturated carbocycles. The average Bonchev–Trinajstić information content (AvgIpc) is 2.60. The van der Waals surface area contributed by atoms with Crippen molar-refractivity contribution in [1.29, 1.82) is 0 Å². The van der Waals surface area contributed by atoms with Crippen LogP contribution in [0.2, 0.25) is 0 Å². The molecule has 26 heavy (non-hydrogen) atoms. The fraction of sp³-hybridized carbons (Fsp3) is 0.389. The Labute approximate surface area is 150 Å². The topological polar surface area (TPSA) is 108 Å². The van der Waals surface area contributed by atoms with Gasteiger partial charge < -0.3 is 9.47 Å². The molecule has 0 bridgehead atoms. The second kappa shape index (κ2) is 7.90. The van der Waals surface area contributed by atoms with Gasteiger partial charge in [0.2, 0.25) is 0 Å². The molecule has 2 atom stereocenters. The van der Waals surface area contributed by atoms with Crippen molar-refractivity contribution in [2.24, 2.45) is 10.9 Å². The van der Waals surface area contributed by atoms with Gasteiger partial charge in [0.1, 0.15) is 5.92 Å². The van der Waals surface area contributed by atoms with Gasteiger partial charge in [-0.1, -0.05) is 18.2 Å². The number of allylic oxidation sites excluding steroid dienone is 1. The van der Waals surface area contributed by atoms with E-state index in [0.717, 1.165) is 0 Å². The van der Waals surface area contributed by atoms with Crippen molar-refractivity contribution < 1.29 is 24.0 Å². The molecular weight excluding hydrogens is 340 g/mol. The predicted molar refractivity (Wildman–Crippen MR) is 93.8 cm³/mol. The number of nitro groups is 1. The summed E-state index contributed by atoms with van der Waals surface area (Å²) in [6, 6.07) is 6.02. The van der Waals surface area contributed by atoms with E-state index >= 15 is 0 Å². The van der Waals surface area contributed by atoms with Crippen LogP contribution in [-0.2, 0) is 19.1 Å². The van der Waals surface area contributed by atoms with E-state index in [0.29, 0.717) is 11.4 Å². The Morgan fingerprint density at radius 1 is 1.27 bits per heavy atom. The van der Waals surface area contributed by atoms with Gasteiger partial charge >= 0.3 is 11.9 Å². The zero-order valence-electron chi connectivity index (χ0n) is 15.0. The van der Waals surface area contributed by atoms with Crippen LogP contribution in [0.4, 0.5) is 5.69 Å². The van der Waals surface area contributed by atoms with Crippen LogP contribution in [-0.4, -0.2) is 36.3 Å². The first kappa shape index (κ1) is 19.3. The Hall–Kier alpha value is -3.03. The largest absolute Gasteiger partial charge is 0.468 e. The van der Waals surface area contributed by atoms with Crippen LogP contribution in [0.3, 0.4) is 0 Å². The van der Waals surface area contributed by atoms with Crippen molar-refractivity contribution in [3.05, 3.63) is 51.2 Å². The van der Waals surface area contributed by atoms with Crippen LogP contribution in [0.5, 0.6) is 0 Å². The number of nitrogens with zero attached hydrogens (tertiary/aromatic N) is 2. The summed E-state index contributed by atoms with van der Waals surface area (Å²) >= 11 is 0. The van der Waals surface area contributed by atoms with Crippen molar-refractivity contribution in [1.82, 2.24) is 0 Å². The van der Waals surface area contributed by atoms with E-state index in [9.17, 15) is 19.7 Å². The summed E-state index contributed by atoms with van der Waals surface area (Å²) in [6.45, 7) is 5.04. The fourth-order valence-corrected chi connectivity index (χ4v) is 3.20. The number of hydrogen-bond donors (Lipinski definition) is 0. The monoisotopic (exact) mass is 360 g/mol. The van der Waals surface area contributed by atoms with E-state index < -0.39 is 28.7 Å². The lowest BCUT2D eigenvalue weighted by Crippen LogP contribution is -2.36. The number of hydrogen-bond acceptors (Lipinski definition) is 7. The molecule has 1 aliphatic rings. The highest BCUT2D eigenvalue weighted by Gasteiger charge is 2.44. The molecule has 1 aromatic rings. The molecule has 0 spiro atoms. The molecule has 1 aromatic carbocycles. The Morgan fingerprint density at radius 2 is 1.92 bits per heavy atom. The first-order valence-corrected chi connectivity index (χ1v) is 8.07. The van der Waals surface area contributed by atoms with E-state index in [4.69, 9.17) is 9.47 Å². The van der Waals surface area contributed by atoms with Crippen LogP contribution < -0.4 is 0 Å². The molecule has 8 heteroatoms. The quantitative estimate of drug-likeness (QED) is 0.454. The summed E-state index contributed by atoms with van der Waals surface area (Å²) in [6.07, 6.45) is 0. The van der Waals surface area contributed by atoms with Crippen LogP contribution in [0, 0.1) is 16.0 Å². The summed E-state index contributed by atoms with van der Waals surface area (Å²) in [7, 11) is 1.22. The van der Waals surface area contributed by atoms with Gasteiger partial charge in [-0.15, -0.1) is 0 Å². The standard InChI is InChI=1S/C18H20N2O6/c1-5-26-18(22)15-11(3)19-10(2)14(17(21)25-4)16(15)12-8-6-7-9-13(12)20(23)24/h6-9,14,16H,5H2,1-4H3. The number of carbonyl (C=O) groups excluding carboxylic acids is 2. The highest BCUT2D eigenvalue weighted by Crippen LogP contribution is 2.43. The minimum Gasteiger partial charge on any atom is -0.468 e. The van der Waals surface area contributed by atoms with E-state index in [1.807, 2.05) is 0 Å². The Morgan fingerprint density at radius 3 is 2.50 bits per heavy atom. The number of ether oxygens (including phenoxy) is 2. The lowest BCUT2D eigenvalue weighted by molar-refractivity contribution is -0.385. The molecule has 0 N–H and O–H groups in total. The van der Waals surface area contributed by atoms with Gasteiger partial charge in [0.15, 0.2) is 0 Å². The van der Waals surface area contributed by atoms with Gasteiger partial charge in [0, 0.05) is 29.0 Å². The molecule has 1 heterocycles. The lowest BCUT2D eigenvalue weighted by Gasteiger charge is -2.30. The summed E-state index contributed by atoms with van der Waals surface area (Å²) < 4.78 is 9.98. The summed E-state index contributed by atoms with van der Waals surface area (Å²) in [5.74, 6) is -3.15. The summed E-state index contributed by atoms with van der Waals surface area (Å²) in [5.41, 5.74) is 0.970. The molecule has 2 unspecified atom stereocenters. The number of methoxy groups -OCH3 is 1. The van der Waals surface area contributed by atoms with E-state index in [1.54, 1.807) is 26.8 Å². The first-order chi connectivity index (χ1) is 12.3. The van der Waals surface area contributed by atoms with Crippen LogP contribution >= 0.6 is 0 Å². The highest BCUT2D eigenvalue weighted by molar-refractivity contribution is 6.07. The molecule has 138 valence electrons. The van der Waals surface area contributed by atoms with Gasteiger partial charge in [0.25, 0.3) is 5.69 Å². The number of nitro benzene ring substituents is 1. The second-order valence-electron chi connectivity index (χ2n) is 5.77. The smallest absolute Gasteiger partial charge is 0.336 e. The van der Waals surface area contributed by atoms with E-state index in [2.05, 4.69) is 4.99 Å². The molecule has 8 nitrogen and oxygen atoms in total. The predicted octanol–water partition coefficient (Wildman–Crippen LogP) is 2.78. The second-order valence-corrected chi connectivity index (χ2v) is 5.77. The SMILES string of the molecule is CCOC(=O)C1=C(C)N=C(C)C(C(=O)OC)C1c1ccccc1[N+](=O)[O-]. The zero-order chi connectivity index (χ0) is 19.4. The van der Waals surface area contributed by atoms with Crippen molar-refractivity contribution >= 4 is 23.3 Å². The summed E-state index contributed by atoms with van der Waals surface area (Å²) in [5, 5.41) is 11.5. The van der Waals surface area contributed by atoms with Crippen molar-refractivity contribution in [2.75, 3.05) is 13.7 Å². The number of benzene rings is 1. The minimum absolute atomic E-state index is 0.127. The van der Waals surface area contributed by atoms with Crippen LogP contribution in [0.1, 0.15) is 32.3 Å². The maximum Gasteiger partial charge on any atom is 0.336 e. The molecule has 1 aliphatic heterocycles. The number of para-hydroxylation sites is 1. The number of rotatable bonds is 5. The van der Waals surface area contributed by atoms with Crippen LogP contribution in [0.25, 0.3) is 0 Å². The Balaban J connectivity index is 2.76. The van der Waals surface area contributed by atoms with Gasteiger partial charge in [-0.3, -0.25) is 19.9 Å². The van der Waals surface area contributed by atoms with Gasteiger partial charge in [-0.05, 0) is 20.8 Å². The molecule has 0 aliphatic carbocycles. The molecule has 0 amide bonds. The highest BCUT2D eigenvalue weighted by atomic mass is 16.6. The molecule has 2 rings (SSSR count). The van der Waals surface area contributed by atoms with Crippen molar-refractivity contribution in [3.8, 4) is 0 Å². The molecule has 0 saturated heterocycles. The Kier molecular flexibility index (Phi) is 5.86. The molecule has 0 aromatic heterocycles. The molecule has 0 radical (unpaired) electrons. The maximum absolute atomic E-state index is 12.6. The lowest BCUT2D eigenvalue weighted by atomic mass is 9.75. The minimum atomic E-state index is -0.954. The zero-order valence-corrected chi connectivity index (χ0v) is 15.0. The van der Waals surface area contributed by atoms with Crippen LogP contribution in [0.15, 0.2) is 40.5 Å². The molecular formula is C18H20N2O6. The van der Waals surface area contributed by atoms with Crippen molar-refractivity contribution in [3.63, 3.8) is 0 Å². The third kappa shape index (κ3) is 3.49. The van der Waals surface area contributed by atoms with Gasteiger partial charge in [0.05, 0.1) is 24.2 Å². The number of esters is 2. The maximum atomic E-state index is 12.6. The fourth-order valence-electron chi connectivity index (χ4n) is 3.20. The Bertz CT molecular complexity index is 812. The molecule has 0 fully saturated rings. The third-order valence-electron chi connectivity index (χ3n) is 4.25. The summed E-state index contributed by atoms with van der Waals surface area (Å²) in [4.78, 5) is 40.2. The number of aliphatic imine (C=N–C) groups is 1. The van der Waals surface area contributed by atoms with Gasteiger partial charge in [-0.25, -0.2) is 4.79 Å². The third-order valence-corrected chi connectivity index (χ3v) is 4.25. The number of carbonyl (C=O) groups is 2. The van der Waals surface area contributed by atoms with Crippen molar-refractivity contribution in [2.45, 2.75) is 26.7 Å². The van der Waals surface area contributed by atoms with E-state index in [-0.39, 0.29) is 23.4 Å². The van der Waals surface area contributed by atoms with Gasteiger partial charge in [-0.2, -0.15) is 0 Å².